The monoisotopic (exact) mass is 415 g/mol. The molecule has 0 spiro atoms. The van der Waals surface area contributed by atoms with Crippen LogP contribution in [0.3, 0.4) is 0 Å². The van der Waals surface area contributed by atoms with Gasteiger partial charge in [0.1, 0.15) is 0 Å². The fraction of sp³-hybridized carbons (Fsp3) is 0.545. The number of unbranched alkanes of at least 4 members (excludes halogenated alkanes) is 2. The fourth-order valence-corrected chi connectivity index (χ4v) is 4.09. The Labute approximate surface area is 174 Å². The number of aliphatic carboxylic acids is 1. The van der Waals surface area contributed by atoms with E-state index in [0.29, 0.717) is 62.0 Å². The van der Waals surface area contributed by atoms with Gasteiger partial charge in [0.25, 0.3) is 5.56 Å². The summed E-state index contributed by atoms with van der Waals surface area (Å²) in [6, 6.07) is 6.94. The van der Waals surface area contributed by atoms with Crippen molar-refractivity contribution in [3.8, 4) is 0 Å². The highest BCUT2D eigenvalue weighted by molar-refractivity contribution is 5.77. The number of amides is 1. The minimum atomic E-state index is -0.717. The zero-order chi connectivity index (χ0) is 21.5. The summed E-state index contributed by atoms with van der Waals surface area (Å²) in [6.45, 7) is 0.931. The number of carbonyl (C=O) groups excluding carboxylic acids is 1. The molecule has 0 bridgehead atoms. The quantitative estimate of drug-likeness (QED) is 0.543. The molecule has 0 unspecified atom stereocenters. The molecule has 0 radical (unpaired) electrons. The molecule has 30 heavy (non-hydrogen) atoms. The second-order valence-electron chi connectivity index (χ2n) is 8.10. The summed E-state index contributed by atoms with van der Waals surface area (Å²) in [5.41, 5.74) is -0.157. The molecule has 1 fully saturated rings. The lowest BCUT2D eigenvalue weighted by Crippen LogP contribution is -2.35. The molecule has 1 heterocycles. The van der Waals surface area contributed by atoms with E-state index >= 15 is 0 Å². The predicted molar refractivity (Wildman–Crippen MR) is 113 cm³/mol. The summed E-state index contributed by atoms with van der Waals surface area (Å²) in [7, 11) is 0. The van der Waals surface area contributed by atoms with E-state index in [-0.39, 0.29) is 17.4 Å². The van der Waals surface area contributed by atoms with Gasteiger partial charge in [-0.1, -0.05) is 18.6 Å². The van der Waals surface area contributed by atoms with Gasteiger partial charge < -0.3 is 15.4 Å². The van der Waals surface area contributed by atoms with Gasteiger partial charge in [0, 0.05) is 19.5 Å². The third-order valence-electron chi connectivity index (χ3n) is 5.96. The molecule has 1 aromatic heterocycles. The molecule has 8 nitrogen and oxygen atoms in total. The van der Waals surface area contributed by atoms with Gasteiger partial charge in [-0.2, -0.15) is 0 Å². The first-order valence-corrected chi connectivity index (χ1v) is 10.7. The number of aromatic amines is 1. The fourth-order valence-electron chi connectivity index (χ4n) is 4.09. The van der Waals surface area contributed by atoms with Crippen LogP contribution in [0.15, 0.2) is 33.9 Å². The zero-order valence-corrected chi connectivity index (χ0v) is 17.1. The first-order valence-electron chi connectivity index (χ1n) is 10.7. The number of benzene rings is 1. The Morgan fingerprint density at radius 3 is 2.53 bits per heavy atom. The van der Waals surface area contributed by atoms with Gasteiger partial charge >= 0.3 is 11.7 Å². The number of hydrogen-bond donors (Lipinski definition) is 3. The van der Waals surface area contributed by atoms with Gasteiger partial charge in [-0.3, -0.25) is 19.0 Å². The molecule has 1 amide bonds. The molecular formula is C22H29N3O5. The van der Waals surface area contributed by atoms with Crippen molar-refractivity contribution in [1.29, 1.82) is 0 Å². The van der Waals surface area contributed by atoms with Crippen LogP contribution in [0.4, 0.5) is 0 Å². The lowest BCUT2D eigenvalue weighted by atomic mass is 9.82. The summed E-state index contributed by atoms with van der Waals surface area (Å²) in [6.07, 6.45) is 5.54. The largest absolute Gasteiger partial charge is 0.481 e. The third-order valence-corrected chi connectivity index (χ3v) is 5.96. The molecule has 3 rings (SSSR count). The number of rotatable bonds is 9. The van der Waals surface area contributed by atoms with Crippen molar-refractivity contribution in [3.05, 3.63) is 45.1 Å². The molecule has 8 heteroatoms. The van der Waals surface area contributed by atoms with Gasteiger partial charge in [-0.15, -0.1) is 0 Å². The van der Waals surface area contributed by atoms with Gasteiger partial charge in [0.05, 0.1) is 16.8 Å². The summed E-state index contributed by atoms with van der Waals surface area (Å²) in [5.74, 6) is -0.600. The Morgan fingerprint density at radius 2 is 1.80 bits per heavy atom. The van der Waals surface area contributed by atoms with E-state index < -0.39 is 11.7 Å². The maximum atomic E-state index is 12.5. The molecule has 162 valence electrons. The summed E-state index contributed by atoms with van der Waals surface area (Å²) in [5, 5.41) is 12.5. The van der Waals surface area contributed by atoms with E-state index in [1.54, 1.807) is 24.3 Å². The summed E-state index contributed by atoms with van der Waals surface area (Å²) < 4.78 is 1.22. The number of H-pyrrole nitrogens is 1. The molecule has 1 aromatic carbocycles. The number of carbonyl (C=O) groups is 2. The van der Waals surface area contributed by atoms with E-state index in [9.17, 15) is 19.2 Å². The van der Waals surface area contributed by atoms with Crippen molar-refractivity contribution in [3.63, 3.8) is 0 Å². The minimum Gasteiger partial charge on any atom is -0.481 e. The van der Waals surface area contributed by atoms with Crippen molar-refractivity contribution in [2.45, 2.75) is 57.9 Å². The highest BCUT2D eigenvalue weighted by Gasteiger charge is 2.25. The minimum absolute atomic E-state index is 0.00363. The van der Waals surface area contributed by atoms with Crippen molar-refractivity contribution >= 4 is 22.8 Å². The number of para-hydroxylation sites is 1. The summed E-state index contributed by atoms with van der Waals surface area (Å²) in [4.78, 5) is 50.3. The van der Waals surface area contributed by atoms with E-state index in [1.807, 2.05) is 0 Å². The molecule has 1 saturated carbocycles. The molecule has 1 aliphatic rings. The molecular weight excluding hydrogens is 386 g/mol. The van der Waals surface area contributed by atoms with Crippen molar-refractivity contribution in [1.82, 2.24) is 14.9 Å². The van der Waals surface area contributed by atoms with Gasteiger partial charge in [0.2, 0.25) is 5.91 Å². The Morgan fingerprint density at radius 1 is 1.07 bits per heavy atom. The Balaban J connectivity index is 1.35. The van der Waals surface area contributed by atoms with Crippen LogP contribution >= 0.6 is 0 Å². The standard InChI is InChI=1S/C22H29N3O5/c26-19(23-14-15-9-11-16(12-10-15)21(28)29)8-2-1-5-13-25-20(27)17-6-3-4-7-18(17)24-22(25)30/h3-4,6-7,15-16H,1-2,5,8-14H2,(H,23,26)(H,24,30)(H,28,29). The van der Waals surface area contributed by atoms with Gasteiger partial charge in [-0.25, -0.2) is 4.79 Å². The van der Waals surface area contributed by atoms with E-state index in [0.717, 1.165) is 19.3 Å². The zero-order valence-electron chi connectivity index (χ0n) is 17.1. The maximum Gasteiger partial charge on any atom is 0.328 e. The number of nitrogens with zero attached hydrogens (tertiary/aromatic N) is 1. The highest BCUT2D eigenvalue weighted by Crippen LogP contribution is 2.28. The topological polar surface area (TPSA) is 121 Å². The van der Waals surface area contributed by atoms with E-state index in [2.05, 4.69) is 10.3 Å². The summed E-state index contributed by atoms with van der Waals surface area (Å²) >= 11 is 0. The molecule has 1 aliphatic carbocycles. The van der Waals surface area contributed by atoms with Crippen molar-refractivity contribution in [2.75, 3.05) is 6.54 Å². The second kappa shape index (κ2) is 10.2. The van der Waals surface area contributed by atoms with Crippen LogP contribution in [-0.2, 0) is 16.1 Å². The van der Waals surface area contributed by atoms with E-state index in [4.69, 9.17) is 5.11 Å². The maximum absolute atomic E-state index is 12.5. The Kier molecular flexibility index (Phi) is 7.43. The van der Waals surface area contributed by atoms with Crippen LogP contribution in [0.2, 0.25) is 0 Å². The molecule has 3 N–H and O–H groups in total. The number of aromatic nitrogens is 2. The number of nitrogens with one attached hydrogen (secondary N) is 2. The first-order chi connectivity index (χ1) is 14.5. The van der Waals surface area contributed by atoms with Gasteiger partial charge in [-0.05, 0) is 56.6 Å². The molecule has 0 aliphatic heterocycles. The van der Waals surface area contributed by atoms with Crippen LogP contribution in [0.25, 0.3) is 10.9 Å². The van der Waals surface area contributed by atoms with Gasteiger partial charge in [0.15, 0.2) is 0 Å². The normalized spacial score (nSPS) is 18.9. The number of carboxylic acids is 1. The Bertz CT molecular complexity index is 1000. The van der Waals surface area contributed by atoms with Crippen molar-refractivity contribution in [2.24, 2.45) is 11.8 Å². The van der Waals surface area contributed by atoms with Crippen LogP contribution < -0.4 is 16.6 Å². The Hall–Kier alpha value is -2.90. The SMILES string of the molecule is O=C(CCCCCn1c(=O)[nH]c2ccccc2c1=O)NCC1CCC(C(=O)O)CC1. The third kappa shape index (κ3) is 5.58. The second-order valence-corrected chi connectivity index (χ2v) is 8.10. The van der Waals surface area contributed by atoms with Crippen LogP contribution in [0.1, 0.15) is 51.4 Å². The smallest absolute Gasteiger partial charge is 0.328 e. The molecule has 0 saturated heterocycles. The van der Waals surface area contributed by atoms with Crippen molar-refractivity contribution < 1.29 is 14.7 Å². The number of fused-ring (bicyclic) bond motifs is 1. The predicted octanol–water partition coefficient (Wildman–Crippen LogP) is 2.26. The van der Waals surface area contributed by atoms with Crippen LogP contribution in [-0.4, -0.2) is 33.1 Å². The highest BCUT2D eigenvalue weighted by atomic mass is 16.4. The number of carboxylic acid groups (broad SMARTS) is 1. The van der Waals surface area contributed by atoms with Crippen LogP contribution in [0, 0.1) is 11.8 Å². The average molecular weight is 415 g/mol. The molecule has 2 aromatic rings. The molecule has 0 atom stereocenters. The van der Waals surface area contributed by atoms with Crippen LogP contribution in [0.5, 0.6) is 0 Å². The average Bonchev–Trinajstić information content (AvgIpc) is 2.74. The first kappa shape index (κ1) is 21.8. The van der Waals surface area contributed by atoms with E-state index in [1.165, 1.54) is 4.57 Å². The lowest BCUT2D eigenvalue weighted by Gasteiger charge is -2.26. The lowest BCUT2D eigenvalue weighted by molar-refractivity contribution is -0.143. The number of hydrogen-bond acceptors (Lipinski definition) is 4.